The van der Waals surface area contributed by atoms with E-state index >= 15 is 0 Å². The molecule has 0 saturated carbocycles. The summed E-state index contributed by atoms with van der Waals surface area (Å²) in [6, 6.07) is 0. The molecule has 1 rings (SSSR count). The Morgan fingerprint density at radius 1 is 1.15 bits per heavy atom. The molecule has 78 valence electrons. The molecule has 3 heteroatoms. The number of halogens is 2. The van der Waals surface area contributed by atoms with Gasteiger partial charge in [-0.2, -0.15) is 0 Å². The number of unbranched alkanes of at least 4 members (excludes halogenated alkanes) is 2. The van der Waals surface area contributed by atoms with Crippen molar-refractivity contribution < 1.29 is 8.78 Å². The molecule has 13 heavy (non-hydrogen) atoms. The van der Waals surface area contributed by atoms with Gasteiger partial charge in [-0.3, -0.25) is 4.90 Å². The molecule has 0 aromatic rings. The highest BCUT2D eigenvalue weighted by Crippen LogP contribution is 2.16. The second kappa shape index (κ2) is 5.53. The highest BCUT2D eigenvalue weighted by Gasteiger charge is 2.26. The van der Waals surface area contributed by atoms with E-state index in [1.807, 2.05) is 4.90 Å². The average molecular weight is 191 g/mol. The van der Waals surface area contributed by atoms with Gasteiger partial charge in [0, 0.05) is 19.5 Å². The molecule has 0 aliphatic carbocycles. The van der Waals surface area contributed by atoms with Crippen LogP contribution >= 0.6 is 0 Å². The normalized spacial score (nSPS) is 30.7. The number of rotatable bonds is 4. The third kappa shape index (κ3) is 4.03. The van der Waals surface area contributed by atoms with Crippen molar-refractivity contribution in [3.8, 4) is 0 Å². The van der Waals surface area contributed by atoms with E-state index in [1.165, 1.54) is 0 Å². The second-order valence-electron chi connectivity index (χ2n) is 3.90. The summed E-state index contributed by atoms with van der Waals surface area (Å²) in [7, 11) is 0. The lowest BCUT2D eigenvalue weighted by Crippen LogP contribution is -2.42. The van der Waals surface area contributed by atoms with Crippen LogP contribution in [0.25, 0.3) is 0 Å². The largest absolute Gasteiger partial charge is 0.298 e. The Bertz CT molecular complexity index is 131. The van der Waals surface area contributed by atoms with Crippen molar-refractivity contribution >= 4 is 0 Å². The van der Waals surface area contributed by atoms with Gasteiger partial charge in [-0.05, 0) is 13.0 Å². The Balaban J connectivity index is 2.17. The first-order chi connectivity index (χ1) is 6.22. The standard InChI is InChI=1S/C10H19F2N/c1-2-3-4-5-13-7-9(11)6-10(12)8-13/h9-10H,2-8H2,1H3. The molecule has 1 aliphatic rings. The SMILES string of the molecule is CCCCCN1CC(F)CC(F)C1. The summed E-state index contributed by atoms with van der Waals surface area (Å²) in [4.78, 5) is 1.91. The zero-order valence-electron chi connectivity index (χ0n) is 8.31. The Morgan fingerprint density at radius 3 is 2.31 bits per heavy atom. The number of hydrogen-bond acceptors (Lipinski definition) is 1. The summed E-state index contributed by atoms with van der Waals surface area (Å²) in [5.74, 6) is 0. The van der Waals surface area contributed by atoms with Crippen molar-refractivity contribution in [1.82, 2.24) is 4.90 Å². The Kier molecular flexibility index (Phi) is 4.64. The average Bonchev–Trinajstić information content (AvgIpc) is 2.03. The van der Waals surface area contributed by atoms with Crippen molar-refractivity contribution in [3.63, 3.8) is 0 Å². The minimum absolute atomic E-state index is 0.101. The quantitative estimate of drug-likeness (QED) is 0.617. The van der Waals surface area contributed by atoms with Crippen LogP contribution in [0.1, 0.15) is 32.6 Å². The van der Waals surface area contributed by atoms with E-state index in [2.05, 4.69) is 6.92 Å². The van der Waals surface area contributed by atoms with Gasteiger partial charge in [-0.1, -0.05) is 19.8 Å². The molecule has 0 bridgehead atoms. The van der Waals surface area contributed by atoms with E-state index < -0.39 is 12.3 Å². The van der Waals surface area contributed by atoms with Gasteiger partial charge < -0.3 is 0 Å². The van der Waals surface area contributed by atoms with Crippen LogP contribution in [0.2, 0.25) is 0 Å². The fraction of sp³-hybridized carbons (Fsp3) is 1.00. The monoisotopic (exact) mass is 191 g/mol. The fourth-order valence-electron chi connectivity index (χ4n) is 1.83. The highest BCUT2D eigenvalue weighted by atomic mass is 19.1. The van der Waals surface area contributed by atoms with E-state index in [4.69, 9.17) is 0 Å². The number of piperidine rings is 1. The van der Waals surface area contributed by atoms with Crippen LogP contribution in [0, 0.1) is 0 Å². The molecule has 2 atom stereocenters. The zero-order valence-corrected chi connectivity index (χ0v) is 8.31. The summed E-state index contributed by atoms with van der Waals surface area (Å²) >= 11 is 0. The number of nitrogens with zero attached hydrogens (tertiary/aromatic N) is 1. The molecule has 0 N–H and O–H groups in total. The number of hydrogen-bond donors (Lipinski definition) is 0. The maximum absolute atomic E-state index is 12.9. The molecule has 0 spiro atoms. The van der Waals surface area contributed by atoms with Crippen molar-refractivity contribution in [2.45, 2.75) is 45.0 Å². The topological polar surface area (TPSA) is 3.24 Å². The maximum Gasteiger partial charge on any atom is 0.116 e. The minimum atomic E-state index is -0.953. The first kappa shape index (κ1) is 10.9. The number of alkyl halides is 2. The summed E-state index contributed by atoms with van der Waals surface area (Å²) in [6.07, 6.45) is 1.58. The second-order valence-corrected chi connectivity index (χ2v) is 3.90. The van der Waals surface area contributed by atoms with Gasteiger partial charge in [0.05, 0.1) is 0 Å². The first-order valence-electron chi connectivity index (χ1n) is 5.23. The molecular formula is C10H19F2N. The van der Waals surface area contributed by atoms with Gasteiger partial charge >= 0.3 is 0 Å². The van der Waals surface area contributed by atoms with Crippen molar-refractivity contribution in [1.29, 1.82) is 0 Å². The van der Waals surface area contributed by atoms with Crippen LogP contribution in [0.5, 0.6) is 0 Å². The van der Waals surface area contributed by atoms with E-state index in [0.29, 0.717) is 13.1 Å². The molecule has 2 unspecified atom stereocenters. The predicted molar refractivity (Wildman–Crippen MR) is 50.4 cm³/mol. The van der Waals surface area contributed by atoms with Crippen LogP contribution in [-0.2, 0) is 0 Å². The van der Waals surface area contributed by atoms with E-state index in [1.54, 1.807) is 0 Å². The Labute approximate surface area is 79.1 Å². The highest BCUT2D eigenvalue weighted by molar-refractivity contribution is 4.78. The minimum Gasteiger partial charge on any atom is -0.298 e. The molecule has 1 saturated heterocycles. The van der Waals surface area contributed by atoms with Gasteiger partial charge in [0.25, 0.3) is 0 Å². The molecule has 1 aliphatic heterocycles. The third-order valence-corrected chi connectivity index (χ3v) is 2.50. The maximum atomic E-state index is 12.9. The van der Waals surface area contributed by atoms with Crippen molar-refractivity contribution in [2.75, 3.05) is 19.6 Å². The Hall–Kier alpha value is -0.180. The van der Waals surface area contributed by atoms with Crippen LogP contribution in [0.15, 0.2) is 0 Å². The summed E-state index contributed by atoms with van der Waals surface area (Å²) in [5, 5.41) is 0. The molecule has 0 amide bonds. The van der Waals surface area contributed by atoms with Crippen LogP contribution < -0.4 is 0 Å². The first-order valence-corrected chi connectivity index (χ1v) is 5.23. The van der Waals surface area contributed by atoms with Crippen molar-refractivity contribution in [2.24, 2.45) is 0 Å². The van der Waals surface area contributed by atoms with Gasteiger partial charge in [-0.15, -0.1) is 0 Å². The predicted octanol–water partition coefficient (Wildman–Crippen LogP) is 2.56. The van der Waals surface area contributed by atoms with Crippen molar-refractivity contribution in [3.05, 3.63) is 0 Å². The van der Waals surface area contributed by atoms with Gasteiger partial charge in [-0.25, -0.2) is 8.78 Å². The van der Waals surface area contributed by atoms with Crippen LogP contribution in [0.3, 0.4) is 0 Å². The molecule has 1 fully saturated rings. The molecule has 0 radical (unpaired) electrons. The van der Waals surface area contributed by atoms with Crippen LogP contribution in [-0.4, -0.2) is 36.9 Å². The van der Waals surface area contributed by atoms with E-state index in [-0.39, 0.29) is 6.42 Å². The van der Waals surface area contributed by atoms with Gasteiger partial charge in [0.1, 0.15) is 12.3 Å². The molecule has 1 heterocycles. The van der Waals surface area contributed by atoms with Gasteiger partial charge in [0.15, 0.2) is 0 Å². The zero-order chi connectivity index (χ0) is 9.68. The number of likely N-dealkylation sites (tertiary alicyclic amines) is 1. The summed E-state index contributed by atoms with van der Waals surface area (Å²) < 4.78 is 25.8. The lowest BCUT2D eigenvalue weighted by Gasteiger charge is -2.30. The fourth-order valence-corrected chi connectivity index (χ4v) is 1.83. The Morgan fingerprint density at radius 2 is 1.77 bits per heavy atom. The lowest BCUT2D eigenvalue weighted by atomic mass is 10.1. The van der Waals surface area contributed by atoms with Crippen LogP contribution in [0.4, 0.5) is 8.78 Å². The molecule has 0 aromatic carbocycles. The summed E-state index contributed by atoms with van der Waals surface area (Å²) in [5.41, 5.74) is 0. The smallest absolute Gasteiger partial charge is 0.116 e. The van der Waals surface area contributed by atoms with E-state index in [0.717, 1.165) is 25.8 Å². The third-order valence-electron chi connectivity index (χ3n) is 2.50. The molecule has 1 nitrogen and oxygen atoms in total. The molecule has 0 aromatic heterocycles. The summed E-state index contributed by atoms with van der Waals surface area (Å²) in [6.45, 7) is 3.86. The molecular weight excluding hydrogens is 172 g/mol. The lowest BCUT2D eigenvalue weighted by molar-refractivity contribution is 0.0732. The van der Waals surface area contributed by atoms with Gasteiger partial charge in [0.2, 0.25) is 0 Å². The van der Waals surface area contributed by atoms with E-state index in [9.17, 15) is 8.78 Å².